The van der Waals surface area contributed by atoms with E-state index in [0.717, 1.165) is 16.0 Å². The van der Waals surface area contributed by atoms with Crippen molar-refractivity contribution in [2.24, 2.45) is 4.99 Å². The summed E-state index contributed by atoms with van der Waals surface area (Å²) >= 11 is 0. The van der Waals surface area contributed by atoms with Crippen LogP contribution in [-0.4, -0.2) is 82.2 Å². The van der Waals surface area contributed by atoms with Gasteiger partial charge in [-0.3, -0.25) is 9.59 Å². The Morgan fingerprint density at radius 2 is 1.87 bits per heavy atom. The van der Waals surface area contributed by atoms with Gasteiger partial charge in [-0.1, -0.05) is 49.1 Å². The summed E-state index contributed by atoms with van der Waals surface area (Å²) in [5.41, 5.74) is 1.86. The first kappa shape index (κ1) is 31.8. The molecule has 0 radical (unpaired) electrons. The highest BCUT2D eigenvalue weighted by Gasteiger charge is 2.39. The lowest BCUT2D eigenvalue weighted by atomic mass is 10.1. The number of unbranched alkanes of at least 4 members (excludes halogenated alkanes) is 2. The molecule has 11 heteroatoms. The number of allylic oxidation sites excluding steroid dienone is 3. The molecular formula is C28H37F3N4O4. The molecule has 1 heterocycles. The third-order valence-corrected chi connectivity index (χ3v) is 6.20. The van der Waals surface area contributed by atoms with Gasteiger partial charge in [0.2, 0.25) is 5.84 Å². The van der Waals surface area contributed by atoms with Gasteiger partial charge in [-0.15, -0.1) is 0 Å². The Morgan fingerprint density at radius 1 is 1.15 bits per heavy atom. The summed E-state index contributed by atoms with van der Waals surface area (Å²) in [6.45, 7) is 7.91. The number of aliphatic imine (C=N–C) groups is 1. The van der Waals surface area contributed by atoms with Crippen molar-refractivity contribution in [3.63, 3.8) is 0 Å². The summed E-state index contributed by atoms with van der Waals surface area (Å²) in [6, 6.07) is 7.47. The number of hydrogen-bond donors (Lipinski definition) is 3. The zero-order valence-electron chi connectivity index (χ0n) is 22.3. The van der Waals surface area contributed by atoms with E-state index in [2.05, 4.69) is 16.9 Å². The maximum atomic E-state index is 13.5. The number of hydrogen-bond acceptors (Lipinski definition) is 6. The van der Waals surface area contributed by atoms with Crippen molar-refractivity contribution in [2.45, 2.75) is 58.0 Å². The molecular weight excluding hydrogens is 513 g/mol. The number of amides is 2. The van der Waals surface area contributed by atoms with Gasteiger partial charge in [-0.25, -0.2) is 4.99 Å². The first-order chi connectivity index (χ1) is 18.5. The molecule has 214 valence electrons. The topological polar surface area (TPSA) is 105 Å². The summed E-state index contributed by atoms with van der Waals surface area (Å²) in [6.07, 6.45) is -0.991. The van der Waals surface area contributed by atoms with Crippen molar-refractivity contribution in [2.75, 3.05) is 26.2 Å². The minimum atomic E-state index is -4.63. The van der Waals surface area contributed by atoms with Gasteiger partial charge in [-0.05, 0) is 50.3 Å². The number of benzene rings is 1. The van der Waals surface area contributed by atoms with Crippen LogP contribution in [0.5, 0.6) is 0 Å². The average molecular weight is 551 g/mol. The largest absolute Gasteiger partial charge is 0.449 e. The van der Waals surface area contributed by atoms with Gasteiger partial charge in [-0.2, -0.15) is 13.2 Å². The van der Waals surface area contributed by atoms with Crippen molar-refractivity contribution in [3.05, 3.63) is 72.0 Å². The van der Waals surface area contributed by atoms with Crippen LogP contribution in [-0.2, 0) is 16.1 Å². The Bertz CT molecular complexity index is 1080. The molecule has 1 aliphatic heterocycles. The van der Waals surface area contributed by atoms with Crippen molar-refractivity contribution >= 4 is 17.6 Å². The maximum Gasteiger partial charge on any atom is 0.449 e. The molecule has 0 aromatic heterocycles. The van der Waals surface area contributed by atoms with Gasteiger partial charge in [0.05, 0.1) is 5.70 Å². The number of carbonyl (C=O) groups is 2. The minimum absolute atomic E-state index is 0.00180. The van der Waals surface area contributed by atoms with E-state index < -0.39 is 36.0 Å². The minimum Gasteiger partial charge on any atom is -0.380 e. The molecule has 0 aliphatic carbocycles. The number of nitrogens with one attached hydrogen (secondary N) is 1. The number of amidine groups is 1. The quantitative estimate of drug-likeness (QED) is 0.347. The summed E-state index contributed by atoms with van der Waals surface area (Å²) in [5.74, 6) is -2.67. The predicted octanol–water partition coefficient (Wildman–Crippen LogP) is 3.25. The van der Waals surface area contributed by atoms with E-state index in [9.17, 15) is 33.0 Å². The van der Waals surface area contributed by atoms with E-state index in [0.29, 0.717) is 19.3 Å². The Balaban J connectivity index is 1.81. The number of nitrogens with zero attached hydrogens (tertiary/aromatic N) is 3. The number of alkyl halides is 3. The Hall–Kier alpha value is -3.44. The molecule has 1 aliphatic rings. The number of carbonyl (C=O) groups excluding carboxylic acids is 2. The third kappa shape index (κ3) is 9.99. The summed E-state index contributed by atoms with van der Waals surface area (Å²) in [5, 5.41) is 23.0. The first-order valence-electron chi connectivity index (χ1n) is 12.9. The molecule has 2 rings (SSSR count). The second-order valence-electron chi connectivity index (χ2n) is 9.18. The van der Waals surface area contributed by atoms with E-state index in [1.165, 1.54) is 11.0 Å². The Labute approximate surface area is 227 Å². The molecule has 0 spiro atoms. The van der Waals surface area contributed by atoms with E-state index in [1.807, 2.05) is 31.2 Å². The van der Waals surface area contributed by atoms with Crippen LogP contribution in [0.1, 0.15) is 37.3 Å². The van der Waals surface area contributed by atoms with Gasteiger partial charge in [0.25, 0.3) is 11.8 Å². The smallest absolute Gasteiger partial charge is 0.380 e. The molecule has 8 nitrogen and oxygen atoms in total. The second-order valence-corrected chi connectivity index (χ2v) is 9.18. The molecule has 1 aromatic carbocycles. The van der Waals surface area contributed by atoms with Crippen LogP contribution in [0.15, 0.2) is 65.8 Å². The fraction of sp³-hybridized carbons (Fsp3) is 0.464. The summed E-state index contributed by atoms with van der Waals surface area (Å²) < 4.78 is 40.6. The first-order valence-corrected chi connectivity index (χ1v) is 12.9. The van der Waals surface area contributed by atoms with E-state index in [-0.39, 0.29) is 38.4 Å². The maximum absolute atomic E-state index is 13.5. The highest BCUT2D eigenvalue weighted by molar-refractivity contribution is 5.90. The fourth-order valence-electron chi connectivity index (χ4n) is 3.93. The zero-order chi connectivity index (χ0) is 29.0. The van der Waals surface area contributed by atoms with Gasteiger partial charge in [0.1, 0.15) is 0 Å². The number of aliphatic hydroxyl groups excluding tert-OH is 2. The number of halogens is 3. The van der Waals surface area contributed by atoms with E-state index in [4.69, 9.17) is 0 Å². The van der Waals surface area contributed by atoms with Gasteiger partial charge >= 0.3 is 6.18 Å². The lowest BCUT2D eigenvalue weighted by molar-refractivity contribution is -0.153. The second kappa shape index (κ2) is 15.2. The SMILES string of the molecule is C=C1/C=C\C=C/CN(CCCCCNC(=O)[C@H](O)[C@@H](O)C(=O)N(CC)Cc2ccccc2C)C(C(F)(F)F)=N1. The number of aliphatic hydroxyl groups is 2. The molecule has 0 saturated heterocycles. The fourth-order valence-corrected chi connectivity index (χ4v) is 3.93. The summed E-state index contributed by atoms with van der Waals surface area (Å²) in [4.78, 5) is 31.2. The number of aryl methyl sites for hydroxylation is 1. The Morgan fingerprint density at radius 3 is 2.54 bits per heavy atom. The zero-order valence-corrected chi connectivity index (χ0v) is 22.3. The predicted molar refractivity (Wildman–Crippen MR) is 144 cm³/mol. The van der Waals surface area contributed by atoms with Gasteiger partial charge in [0.15, 0.2) is 12.2 Å². The van der Waals surface area contributed by atoms with Crippen molar-refractivity contribution in [1.29, 1.82) is 0 Å². The van der Waals surface area contributed by atoms with E-state index in [1.54, 1.807) is 25.2 Å². The van der Waals surface area contributed by atoms with Crippen molar-refractivity contribution in [1.82, 2.24) is 15.1 Å². The molecule has 3 N–H and O–H groups in total. The molecule has 1 aromatic rings. The lowest BCUT2D eigenvalue weighted by Gasteiger charge is -2.26. The third-order valence-electron chi connectivity index (χ3n) is 6.20. The van der Waals surface area contributed by atoms with Crippen LogP contribution in [0.3, 0.4) is 0 Å². The molecule has 0 fully saturated rings. The highest BCUT2D eigenvalue weighted by Crippen LogP contribution is 2.23. The van der Waals surface area contributed by atoms with Crippen LogP contribution < -0.4 is 5.32 Å². The molecule has 2 atom stereocenters. The number of likely N-dealkylation sites (N-methyl/N-ethyl adjacent to an activating group) is 1. The number of rotatable bonds is 12. The molecule has 39 heavy (non-hydrogen) atoms. The summed E-state index contributed by atoms with van der Waals surface area (Å²) in [7, 11) is 0. The van der Waals surface area contributed by atoms with Crippen LogP contribution in [0, 0.1) is 6.92 Å². The van der Waals surface area contributed by atoms with Crippen LogP contribution in [0.2, 0.25) is 0 Å². The molecule has 0 saturated carbocycles. The van der Waals surface area contributed by atoms with Gasteiger partial charge < -0.3 is 25.3 Å². The molecule has 2 amide bonds. The monoisotopic (exact) mass is 550 g/mol. The lowest BCUT2D eigenvalue weighted by Crippen LogP contribution is -2.50. The van der Waals surface area contributed by atoms with Gasteiger partial charge in [0, 0.05) is 32.7 Å². The standard InChI is InChI=1S/C28H37F3N4O4/c1-4-34(19-22-15-9-8-13-20(22)2)26(39)24(37)23(36)25(38)32-16-10-6-12-18-35-17-11-5-7-14-21(3)33-27(35)28(29,30)31/h5,7-9,11,13-15,23-24,36-37H,3-4,6,10,12,16-19H2,1-2H3,(H,32,38)/b11-5-,14-7-,33-27?/t23-,24-/m1/s1. The van der Waals surface area contributed by atoms with Crippen LogP contribution in [0.25, 0.3) is 0 Å². The Kier molecular flexibility index (Phi) is 12.4. The van der Waals surface area contributed by atoms with E-state index >= 15 is 0 Å². The van der Waals surface area contributed by atoms with Crippen LogP contribution in [0.4, 0.5) is 13.2 Å². The van der Waals surface area contributed by atoms with Crippen molar-refractivity contribution < 1.29 is 33.0 Å². The molecule has 0 unspecified atom stereocenters. The van der Waals surface area contributed by atoms with Crippen molar-refractivity contribution in [3.8, 4) is 0 Å². The van der Waals surface area contributed by atoms with Crippen LogP contribution >= 0.6 is 0 Å². The highest BCUT2D eigenvalue weighted by atomic mass is 19.4. The average Bonchev–Trinajstić information content (AvgIpc) is 2.99. The normalized spacial score (nSPS) is 17.3. The molecule has 0 bridgehead atoms.